The highest BCUT2D eigenvalue weighted by molar-refractivity contribution is 6.34. The van der Waals surface area contributed by atoms with Crippen molar-refractivity contribution in [1.82, 2.24) is 19.7 Å². The van der Waals surface area contributed by atoms with Gasteiger partial charge in [0.25, 0.3) is 5.91 Å². The monoisotopic (exact) mass is 406 g/mol. The molecule has 0 bridgehead atoms. The summed E-state index contributed by atoms with van der Waals surface area (Å²) in [6.45, 7) is 8.51. The van der Waals surface area contributed by atoms with Gasteiger partial charge in [-0.05, 0) is 20.3 Å². The normalized spacial score (nSPS) is 19.1. The summed E-state index contributed by atoms with van der Waals surface area (Å²) in [7, 11) is 4.37. The molecule has 0 spiro atoms. The molecule has 0 saturated heterocycles. The van der Waals surface area contributed by atoms with Crippen LogP contribution in [-0.2, 0) is 9.59 Å². The van der Waals surface area contributed by atoms with Crippen LogP contribution in [0.25, 0.3) is 0 Å². The first-order valence-corrected chi connectivity index (χ1v) is 9.87. The van der Waals surface area contributed by atoms with Gasteiger partial charge in [0.2, 0.25) is 5.43 Å². The minimum Gasteiger partial charge on any atom is -0.491 e. The zero-order chi connectivity index (χ0) is 22.0. The van der Waals surface area contributed by atoms with Crippen molar-refractivity contribution >= 4 is 17.7 Å². The van der Waals surface area contributed by atoms with E-state index in [-0.39, 0.29) is 28.8 Å². The van der Waals surface area contributed by atoms with E-state index < -0.39 is 17.9 Å². The van der Waals surface area contributed by atoms with Crippen LogP contribution in [0.4, 0.5) is 0 Å². The molecule has 9 nitrogen and oxygen atoms in total. The molecule has 0 saturated carbocycles. The second kappa shape index (κ2) is 8.67. The van der Waals surface area contributed by atoms with Crippen LogP contribution >= 0.6 is 0 Å². The molecule has 1 aromatic rings. The molecule has 2 aliphatic heterocycles. The van der Waals surface area contributed by atoms with Gasteiger partial charge in [-0.2, -0.15) is 0 Å². The summed E-state index contributed by atoms with van der Waals surface area (Å²) in [6, 6.07) is -0.617. The van der Waals surface area contributed by atoms with E-state index in [0.29, 0.717) is 30.8 Å². The molecule has 2 aliphatic rings. The fourth-order valence-electron chi connectivity index (χ4n) is 3.96. The van der Waals surface area contributed by atoms with Crippen molar-refractivity contribution in [3.05, 3.63) is 27.2 Å². The molecule has 0 radical (unpaired) electrons. The third-order valence-electron chi connectivity index (χ3n) is 5.26. The zero-order valence-electron chi connectivity index (χ0n) is 18.2. The number of likely N-dealkylation sites (N-methyl/N-ethyl adjacent to an activating group) is 2. The molecular formula is C20H30N4O5. The summed E-state index contributed by atoms with van der Waals surface area (Å²) in [5.74, 6) is -1.64. The Morgan fingerprint density at radius 2 is 1.86 bits per heavy atom. The summed E-state index contributed by atoms with van der Waals surface area (Å²) in [5.41, 5.74) is 0.837. The number of carbonyl (C=O) groups is 3. The van der Waals surface area contributed by atoms with Gasteiger partial charge in [-0.15, -0.1) is 0 Å². The predicted octanol–water partition coefficient (Wildman–Crippen LogP) is 0.858. The van der Waals surface area contributed by atoms with Gasteiger partial charge in [-0.25, -0.2) is 0 Å². The Kier molecular flexibility index (Phi) is 6.71. The number of hydrogen-bond donors (Lipinski definition) is 1. The molecule has 0 aliphatic carbocycles. The van der Waals surface area contributed by atoms with Crippen LogP contribution in [0.3, 0.4) is 0 Å². The van der Waals surface area contributed by atoms with E-state index in [1.165, 1.54) is 26.1 Å². The van der Waals surface area contributed by atoms with Crippen molar-refractivity contribution in [2.45, 2.75) is 46.2 Å². The van der Waals surface area contributed by atoms with Gasteiger partial charge in [0, 0.05) is 38.4 Å². The number of amides is 3. The van der Waals surface area contributed by atoms with Crippen LogP contribution in [0, 0.1) is 6.92 Å². The van der Waals surface area contributed by atoms with E-state index in [9.17, 15) is 19.2 Å². The van der Waals surface area contributed by atoms with Crippen LogP contribution in [0.2, 0.25) is 0 Å². The molecule has 1 N–H and O–H groups in total. The van der Waals surface area contributed by atoms with Gasteiger partial charge in [0.05, 0.1) is 19.2 Å². The molecule has 160 valence electrons. The summed E-state index contributed by atoms with van der Waals surface area (Å²) in [5, 5.41) is 2.73. The third kappa shape index (κ3) is 3.61. The smallest absolute Gasteiger partial charge is 0.311 e. The first-order valence-electron chi connectivity index (χ1n) is 9.87. The number of pyridine rings is 1. The SMILES string of the molecule is CC.CCN1CC2CC(NC(=O)C(=O)N(C)C)c3c(C)c(=O)c(OC)c(n32)C1=O. The highest BCUT2D eigenvalue weighted by Gasteiger charge is 2.44. The number of nitrogens with one attached hydrogen (secondary N) is 1. The Labute approximate surface area is 170 Å². The maximum absolute atomic E-state index is 12.9. The standard InChI is InChI=1S/C18H24N4O5.C2H6/c1-6-21-8-10-7-11(19-16(24)18(26)20(3)4)12-9(2)14(23)15(27-5)13(17(21)25)22(10)12;1-2/h10-11H,6-8H2,1-5H3,(H,19,24);1-2H3. The largest absolute Gasteiger partial charge is 0.491 e. The lowest BCUT2D eigenvalue weighted by molar-refractivity contribution is -0.144. The molecule has 29 heavy (non-hydrogen) atoms. The van der Waals surface area contributed by atoms with Gasteiger partial charge in [-0.3, -0.25) is 19.2 Å². The molecule has 3 amide bonds. The van der Waals surface area contributed by atoms with Gasteiger partial charge in [0.15, 0.2) is 11.4 Å². The van der Waals surface area contributed by atoms with Gasteiger partial charge in [-0.1, -0.05) is 13.8 Å². The molecular weight excluding hydrogens is 376 g/mol. The first kappa shape index (κ1) is 22.4. The van der Waals surface area contributed by atoms with Crippen molar-refractivity contribution in [3.8, 4) is 5.75 Å². The van der Waals surface area contributed by atoms with Crippen molar-refractivity contribution in [3.63, 3.8) is 0 Å². The van der Waals surface area contributed by atoms with E-state index in [1.54, 1.807) is 11.8 Å². The number of aromatic nitrogens is 1. The van der Waals surface area contributed by atoms with E-state index in [4.69, 9.17) is 4.74 Å². The Hall–Kier alpha value is -2.84. The van der Waals surface area contributed by atoms with Crippen LogP contribution in [0.1, 0.15) is 61.0 Å². The molecule has 1 aromatic heterocycles. The average molecular weight is 406 g/mol. The third-order valence-corrected chi connectivity index (χ3v) is 5.26. The lowest BCUT2D eigenvalue weighted by atomic mass is 10.1. The highest BCUT2D eigenvalue weighted by atomic mass is 16.5. The molecule has 0 fully saturated rings. The lowest BCUT2D eigenvalue weighted by Gasteiger charge is -2.34. The maximum atomic E-state index is 12.9. The maximum Gasteiger partial charge on any atom is 0.311 e. The topological polar surface area (TPSA) is 101 Å². The van der Waals surface area contributed by atoms with Crippen molar-refractivity contribution < 1.29 is 19.1 Å². The predicted molar refractivity (Wildman–Crippen MR) is 108 cm³/mol. The summed E-state index contributed by atoms with van der Waals surface area (Å²) in [4.78, 5) is 52.7. The van der Waals surface area contributed by atoms with E-state index in [0.717, 1.165) is 0 Å². The molecule has 3 rings (SSSR count). The molecule has 3 heterocycles. The number of methoxy groups -OCH3 is 1. The molecule has 0 aromatic carbocycles. The Morgan fingerprint density at radius 1 is 1.24 bits per heavy atom. The van der Waals surface area contributed by atoms with Crippen molar-refractivity contribution in [2.75, 3.05) is 34.3 Å². The lowest BCUT2D eigenvalue weighted by Crippen LogP contribution is -2.44. The Bertz CT molecular complexity index is 890. The number of carbonyl (C=O) groups excluding carboxylic acids is 3. The van der Waals surface area contributed by atoms with Gasteiger partial charge < -0.3 is 24.4 Å². The summed E-state index contributed by atoms with van der Waals surface area (Å²) >= 11 is 0. The number of hydrogen-bond acceptors (Lipinski definition) is 5. The minimum atomic E-state index is -0.737. The summed E-state index contributed by atoms with van der Waals surface area (Å²) in [6.07, 6.45) is 0.497. The first-order chi connectivity index (χ1) is 13.7. The molecule has 9 heteroatoms. The summed E-state index contributed by atoms with van der Waals surface area (Å²) < 4.78 is 7.09. The quantitative estimate of drug-likeness (QED) is 0.751. The Balaban J connectivity index is 0.00000145. The average Bonchev–Trinajstić information content (AvgIpc) is 3.06. The van der Waals surface area contributed by atoms with E-state index >= 15 is 0 Å². The van der Waals surface area contributed by atoms with Crippen molar-refractivity contribution in [2.24, 2.45) is 0 Å². The van der Waals surface area contributed by atoms with Crippen molar-refractivity contribution in [1.29, 1.82) is 0 Å². The van der Waals surface area contributed by atoms with E-state index in [1.807, 2.05) is 25.3 Å². The van der Waals surface area contributed by atoms with Gasteiger partial charge >= 0.3 is 11.8 Å². The molecule has 2 atom stereocenters. The van der Waals surface area contributed by atoms with Crippen LogP contribution in [0.5, 0.6) is 5.75 Å². The van der Waals surface area contributed by atoms with Crippen LogP contribution in [0.15, 0.2) is 4.79 Å². The number of rotatable bonds is 3. The second-order valence-corrected chi connectivity index (χ2v) is 7.05. The van der Waals surface area contributed by atoms with Crippen LogP contribution in [-0.4, -0.2) is 66.4 Å². The molecule has 2 unspecified atom stereocenters. The Morgan fingerprint density at radius 3 is 2.38 bits per heavy atom. The second-order valence-electron chi connectivity index (χ2n) is 7.05. The van der Waals surface area contributed by atoms with Gasteiger partial charge in [0.1, 0.15) is 0 Å². The van der Waals surface area contributed by atoms with Crippen LogP contribution < -0.4 is 15.5 Å². The van der Waals surface area contributed by atoms with E-state index in [2.05, 4.69) is 5.32 Å². The zero-order valence-corrected chi connectivity index (χ0v) is 18.2. The highest BCUT2D eigenvalue weighted by Crippen LogP contribution is 2.42. The minimum absolute atomic E-state index is 0.0285. The number of ether oxygens (including phenoxy) is 1. The fraction of sp³-hybridized carbons (Fsp3) is 0.600. The fourth-order valence-corrected chi connectivity index (χ4v) is 3.96. The number of nitrogens with zero attached hydrogens (tertiary/aromatic N) is 3.